The van der Waals surface area contributed by atoms with Crippen molar-refractivity contribution in [1.82, 2.24) is 0 Å². The zero-order valence-corrected chi connectivity index (χ0v) is 7.83. The molecule has 0 unspecified atom stereocenters. The summed E-state index contributed by atoms with van der Waals surface area (Å²) in [5, 5.41) is 7.42. The number of aliphatic carboxylic acids is 1. The van der Waals surface area contributed by atoms with E-state index in [1.165, 1.54) is 0 Å². The van der Waals surface area contributed by atoms with Crippen molar-refractivity contribution in [3.63, 3.8) is 0 Å². The summed E-state index contributed by atoms with van der Waals surface area (Å²) in [5.74, 6) is -0.833. The number of hydrogen-bond donors (Lipinski definition) is 1. The minimum absolute atomic E-state index is 0. The predicted molar refractivity (Wildman–Crippen MR) is 35.0 cm³/mol. The number of hydrogen-bond acceptors (Lipinski definition) is 1. The fourth-order valence-electron chi connectivity index (χ4n) is 0. The van der Waals surface area contributed by atoms with Crippen molar-refractivity contribution in [1.29, 1.82) is 0 Å². The molecule has 0 fully saturated rings. The summed E-state index contributed by atoms with van der Waals surface area (Å²) in [7, 11) is 0. The standard InChI is InChI=1S/C2H4O2.6H2O.Tb/c1-2(3)4;;;;;;;/h1H3,(H,3,4);6*1H2;. The molecule has 0 spiro atoms. The van der Waals surface area contributed by atoms with Gasteiger partial charge in [0.05, 0.1) is 0 Å². The van der Waals surface area contributed by atoms with Crippen LogP contribution in [0.25, 0.3) is 0 Å². The molecule has 8 nitrogen and oxygen atoms in total. The number of carbonyl (C=O) groups is 1. The van der Waals surface area contributed by atoms with Crippen LogP contribution in [0.4, 0.5) is 0 Å². The van der Waals surface area contributed by atoms with Gasteiger partial charge in [-0.1, -0.05) is 0 Å². The minimum Gasteiger partial charge on any atom is -0.481 e. The third-order valence-corrected chi connectivity index (χ3v) is 0. The van der Waals surface area contributed by atoms with Gasteiger partial charge < -0.3 is 38.0 Å². The molecule has 0 aliphatic heterocycles. The summed E-state index contributed by atoms with van der Waals surface area (Å²) in [5.41, 5.74) is 0. The first kappa shape index (κ1) is 103. The Kier molecular flexibility index (Phi) is 722. The smallest absolute Gasteiger partial charge is 0.300 e. The maximum absolute atomic E-state index is 9.00. The predicted octanol–water partition coefficient (Wildman–Crippen LogP) is -4.86. The summed E-state index contributed by atoms with van der Waals surface area (Å²) in [6.07, 6.45) is 0. The van der Waals surface area contributed by atoms with Gasteiger partial charge in [0.1, 0.15) is 0 Å². The quantitative estimate of drug-likeness (QED) is 0.461. The molecule has 11 heavy (non-hydrogen) atoms. The number of carboxylic acids is 1. The number of carboxylic acid groups (broad SMARTS) is 1. The van der Waals surface area contributed by atoms with E-state index in [1.807, 2.05) is 0 Å². The summed E-state index contributed by atoms with van der Waals surface area (Å²) in [4.78, 5) is 9.00. The van der Waals surface area contributed by atoms with Crippen molar-refractivity contribution in [3.8, 4) is 0 Å². The van der Waals surface area contributed by atoms with Gasteiger partial charge in [0.15, 0.2) is 0 Å². The fraction of sp³-hybridized carbons (Fsp3) is 0.500. The van der Waals surface area contributed by atoms with Gasteiger partial charge in [-0.2, -0.15) is 0 Å². The second-order valence-electron chi connectivity index (χ2n) is 0.519. The summed E-state index contributed by atoms with van der Waals surface area (Å²) in [6.45, 7) is 1.08. The van der Waals surface area contributed by atoms with E-state index >= 15 is 0 Å². The van der Waals surface area contributed by atoms with Gasteiger partial charge >= 0.3 is 0 Å². The molecular weight excluding hydrogens is 311 g/mol. The Morgan fingerprint density at radius 1 is 0.909 bits per heavy atom. The maximum Gasteiger partial charge on any atom is 0.300 e. The molecule has 13 N–H and O–H groups in total. The molecule has 0 saturated carbocycles. The third-order valence-electron chi connectivity index (χ3n) is 0. The zero-order valence-electron chi connectivity index (χ0n) is 5.69. The second kappa shape index (κ2) is 77.0. The zero-order chi connectivity index (χ0) is 3.58. The van der Waals surface area contributed by atoms with Crippen molar-refractivity contribution in [2.45, 2.75) is 6.92 Å². The molecule has 0 saturated heterocycles. The van der Waals surface area contributed by atoms with Gasteiger partial charge in [-0.25, -0.2) is 0 Å². The molecule has 0 rings (SSSR count). The Labute approximate surface area is 93.9 Å². The van der Waals surface area contributed by atoms with Crippen molar-refractivity contribution in [2.75, 3.05) is 0 Å². The third kappa shape index (κ3) is 2870. The summed E-state index contributed by atoms with van der Waals surface area (Å²) < 4.78 is 0. The van der Waals surface area contributed by atoms with Crippen molar-refractivity contribution < 1.29 is 81.4 Å². The molecule has 9 heteroatoms. The van der Waals surface area contributed by atoms with Crippen LogP contribution in [0.5, 0.6) is 0 Å². The fourth-order valence-corrected chi connectivity index (χ4v) is 0. The molecule has 0 aromatic rings. The Morgan fingerprint density at radius 2 is 0.909 bits per heavy atom. The van der Waals surface area contributed by atoms with E-state index in [4.69, 9.17) is 9.90 Å². The van der Waals surface area contributed by atoms with Crippen LogP contribution >= 0.6 is 0 Å². The van der Waals surface area contributed by atoms with Crippen LogP contribution in [-0.2, 0) is 4.79 Å². The normalized spacial score (nSPS) is 2.27. The topological polar surface area (TPSA) is 226 Å². The van der Waals surface area contributed by atoms with E-state index in [-0.39, 0.29) is 71.5 Å². The van der Waals surface area contributed by atoms with Gasteiger partial charge in [-0.05, 0) is 0 Å². The Morgan fingerprint density at radius 3 is 0.909 bits per heavy atom. The average molecular weight is 327 g/mol. The maximum atomic E-state index is 9.00. The van der Waals surface area contributed by atoms with Gasteiger partial charge in [0.25, 0.3) is 5.97 Å². The van der Waals surface area contributed by atoms with Crippen LogP contribution in [-0.4, -0.2) is 43.9 Å². The molecule has 0 aliphatic carbocycles. The van der Waals surface area contributed by atoms with E-state index in [2.05, 4.69) is 0 Å². The van der Waals surface area contributed by atoms with E-state index < -0.39 is 5.97 Å². The SMILES string of the molecule is CC(=O)O.O.O.O.O.O.O.[Tb]. The van der Waals surface area contributed by atoms with E-state index in [9.17, 15) is 0 Å². The van der Waals surface area contributed by atoms with Crippen molar-refractivity contribution in [3.05, 3.63) is 0 Å². The molecular formula is C2H16O8Tb. The van der Waals surface area contributed by atoms with Crippen molar-refractivity contribution >= 4 is 5.97 Å². The summed E-state index contributed by atoms with van der Waals surface area (Å²) in [6, 6.07) is 0. The molecule has 81 valence electrons. The summed E-state index contributed by atoms with van der Waals surface area (Å²) >= 11 is 0. The first-order valence-corrected chi connectivity index (χ1v) is 0.928. The largest absolute Gasteiger partial charge is 0.481 e. The molecule has 1 radical (unpaired) electrons. The first-order valence-electron chi connectivity index (χ1n) is 0.928. The van der Waals surface area contributed by atoms with Crippen LogP contribution in [0.2, 0.25) is 0 Å². The molecule has 0 atom stereocenters. The Balaban J connectivity index is -0.00000000214. The monoisotopic (exact) mass is 327 g/mol. The molecule has 0 bridgehead atoms. The molecule has 0 aromatic carbocycles. The van der Waals surface area contributed by atoms with Gasteiger partial charge in [-0.15, -0.1) is 0 Å². The van der Waals surface area contributed by atoms with Crippen molar-refractivity contribution in [2.24, 2.45) is 0 Å². The van der Waals surface area contributed by atoms with Crippen LogP contribution < -0.4 is 0 Å². The molecule has 0 aromatic heterocycles. The second-order valence-corrected chi connectivity index (χ2v) is 0.519. The van der Waals surface area contributed by atoms with Gasteiger partial charge in [0.2, 0.25) is 0 Å². The Hall–Kier alpha value is 0.516. The molecule has 0 aliphatic rings. The van der Waals surface area contributed by atoms with Crippen LogP contribution in [0.1, 0.15) is 6.92 Å². The van der Waals surface area contributed by atoms with E-state index in [0.29, 0.717) is 0 Å². The van der Waals surface area contributed by atoms with E-state index in [1.54, 1.807) is 0 Å². The minimum atomic E-state index is -0.833. The van der Waals surface area contributed by atoms with Crippen LogP contribution in [0, 0.1) is 38.6 Å². The average Bonchev–Trinajstić information content (AvgIpc) is 0.811. The molecule has 0 amide bonds. The van der Waals surface area contributed by atoms with E-state index in [0.717, 1.165) is 6.92 Å². The number of rotatable bonds is 0. The molecule has 0 heterocycles. The van der Waals surface area contributed by atoms with Gasteiger partial charge in [-0.3, -0.25) is 4.79 Å². The van der Waals surface area contributed by atoms with Crippen LogP contribution in [0.15, 0.2) is 0 Å². The Bertz CT molecular complexity index is 35.1. The van der Waals surface area contributed by atoms with Gasteiger partial charge in [0, 0.05) is 45.5 Å². The first-order chi connectivity index (χ1) is 1.73. The van der Waals surface area contributed by atoms with Crippen LogP contribution in [0.3, 0.4) is 0 Å².